The second-order valence-corrected chi connectivity index (χ2v) is 7.71. The first-order valence-electron chi connectivity index (χ1n) is 8.18. The van der Waals surface area contributed by atoms with Crippen LogP contribution in [-0.4, -0.2) is 58.2 Å². The predicted molar refractivity (Wildman–Crippen MR) is 83.4 cm³/mol. The van der Waals surface area contributed by atoms with E-state index in [4.69, 9.17) is 4.74 Å². The Hall–Kier alpha value is -0.210. The molecule has 2 N–H and O–H groups in total. The Bertz CT molecular complexity index is 396. The Morgan fingerprint density at radius 1 is 1.19 bits per heavy atom. The molecule has 0 amide bonds. The lowest BCUT2D eigenvalue weighted by Crippen LogP contribution is -2.53. The van der Waals surface area contributed by atoms with Gasteiger partial charge < -0.3 is 10.1 Å². The fraction of sp³-hybridized carbons (Fsp3) is 1.00. The normalized spacial score (nSPS) is 28.6. The lowest BCUT2D eigenvalue weighted by molar-refractivity contribution is 0.0565. The smallest absolute Gasteiger partial charge is 0.279 e. The molecular formula is C14H29N3O3S. The molecule has 124 valence electrons. The highest BCUT2D eigenvalue weighted by atomic mass is 32.2. The standard InChI is InChI=1S/C14H29N3O3S/c1-2-15-11-14-7-3-4-8-17(14)21(18,19)16-10-13-6-5-9-20-12-13/h13-16H,2-12H2,1H3. The molecule has 21 heavy (non-hydrogen) atoms. The van der Waals surface area contributed by atoms with Crippen molar-refractivity contribution in [3.05, 3.63) is 0 Å². The Balaban J connectivity index is 1.88. The Morgan fingerprint density at radius 2 is 2.05 bits per heavy atom. The number of piperidine rings is 1. The van der Waals surface area contributed by atoms with E-state index >= 15 is 0 Å². The van der Waals surface area contributed by atoms with Gasteiger partial charge in [0.15, 0.2) is 0 Å². The minimum absolute atomic E-state index is 0.0822. The van der Waals surface area contributed by atoms with Crippen LogP contribution in [0, 0.1) is 5.92 Å². The summed E-state index contributed by atoms with van der Waals surface area (Å²) in [6, 6.07) is 0.0822. The van der Waals surface area contributed by atoms with Crippen molar-refractivity contribution in [2.24, 2.45) is 5.92 Å². The summed E-state index contributed by atoms with van der Waals surface area (Å²) in [5.41, 5.74) is 0. The minimum atomic E-state index is -3.37. The molecule has 0 aliphatic carbocycles. The van der Waals surface area contributed by atoms with Gasteiger partial charge >= 0.3 is 0 Å². The third-order valence-corrected chi connectivity index (χ3v) is 5.95. The second-order valence-electron chi connectivity index (χ2n) is 6.00. The van der Waals surface area contributed by atoms with Crippen molar-refractivity contribution in [3.63, 3.8) is 0 Å². The fourth-order valence-electron chi connectivity index (χ4n) is 3.08. The maximum Gasteiger partial charge on any atom is 0.279 e. The van der Waals surface area contributed by atoms with Gasteiger partial charge in [-0.2, -0.15) is 12.7 Å². The quantitative estimate of drug-likeness (QED) is 0.725. The van der Waals surface area contributed by atoms with Gasteiger partial charge in [0.1, 0.15) is 0 Å². The van der Waals surface area contributed by atoms with Crippen LogP contribution in [0.25, 0.3) is 0 Å². The molecule has 0 spiro atoms. The summed E-state index contributed by atoms with van der Waals surface area (Å²) in [6.07, 6.45) is 5.08. The van der Waals surface area contributed by atoms with Gasteiger partial charge in [0.2, 0.25) is 0 Å². The number of likely N-dealkylation sites (N-methyl/N-ethyl adjacent to an activating group) is 1. The summed E-state index contributed by atoms with van der Waals surface area (Å²) in [5.74, 6) is 0.311. The highest BCUT2D eigenvalue weighted by Gasteiger charge is 2.32. The largest absolute Gasteiger partial charge is 0.381 e. The first kappa shape index (κ1) is 17.1. The number of hydrogen-bond donors (Lipinski definition) is 2. The van der Waals surface area contributed by atoms with Crippen LogP contribution in [0.3, 0.4) is 0 Å². The van der Waals surface area contributed by atoms with Gasteiger partial charge in [-0.1, -0.05) is 13.3 Å². The summed E-state index contributed by atoms with van der Waals surface area (Å²) in [5, 5.41) is 3.27. The maximum atomic E-state index is 12.5. The molecule has 2 fully saturated rings. The van der Waals surface area contributed by atoms with Gasteiger partial charge in [0, 0.05) is 32.3 Å². The molecule has 2 aliphatic heterocycles. The summed E-state index contributed by atoms with van der Waals surface area (Å²) in [4.78, 5) is 0. The summed E-state index contributed by atoms with van der Waals surface area (Å²) < 4.78 is 35.0. The summed E-state index contributed by atoms with van der Waals surface area (Å²) >= 11 is 0. The molecule has 2 unspecified atom stereocenters. The number of ether oxygens (including phenoxy) is 1. The van der Waals surface area contributed by atoms with E-state index in [9.17, 15) is 8.42 Å². The Kier molecular flexibility index (Phi) is 6.88. The third-order valence-electron chi connectivity index (χ3n) is 4.32. The molecule has 0 bridgehead atoms. The molecule has 6 nitrogen and oxygen atoms in total. The van der Waals surface area contributed by atoms with Crippen LogP contribution in [0.2, 0.25) is 0 Å². The van der Waals surface area contributed by atoms with Crippen LogP contribution >= 0.6 is 0 Å². The molecule has 0 aromatic carbocycles. The number of rotatable bonds is 7. The molecule has 2 rings (SSSR count). The second kappa shape index (κ2) is 8.43. The number of nitrogens with one attached hydrogen (secondary N) is 2. The van der Waals surface area contributed by atoms with Gasteiger partial charge in [0.05, 0.1) is 6.61 Å². The average Bonchev–Trinajstić information content (AvgIpc) is 2.52. The molecule has 0 radical (unpaired) electrons. The van der Waals surface area contributed by atoms with Crippen LogP contribution in [0.15, 0.2) is 0 Å². The van der Waals surface area contributed by atoms with Crippen LogP contribution in [-0.2, 0) is 14.9 Å². The Morgan fingerprint density at radius 3 is 2.76 bits per heavy atom. The molecule has 0 saturated carbocycles. The maximum absolute atomic E-state index is 12.5. The van der Waals surface area contributed by atoms with E-state index in [1.165, 1.54) is 0 Å². The SMILES string of the molecule is CCNCC1CCCCN1S(=O)(=O)NCC1CCCOC1. The molecular weight excluding hydrogens is 290 g/mol. The van der Waals surface area contributed by atoms with E-state index < -0.39 is 10.2 Å². The van der Waals surface area contributed by atoms with Crippen molar-refractivity contribution in [1.82, 2.24) is 14.3 Å². The van der Waals surface area contributed by atoms with Gasteiger partial charge in [-0.25, -0.2) is 4.72 Å². The predicted octanol–water partition coefficient (Wildman–Crippen LogP) is 0.711. The average molecular weight is 319 g/mol. The molecule has 2 heterocycles. The molecule has 0 aromatic heterocycles. The number of hydrogen-bond acceptors (Lipinski definition) is 4. The van der Waals surface area contributed by atoms with E-state index in [1.54, 1.807) is 4.31 Å². The van der Waals surface area contributed by atoms with E-state index in [2.05, 4.69) is 10.0 Å². The van der Waals surface area contributed by atoms with Crippen molar-refractivity contribution in [3.8, 4) is 0 Å². The molecule has 2 aliphatic rings. The van der Waals surface area contributed by atoms with Crippen molar-refractivity contribution >= 4 is 10.2 Å². The first-order valence-corrected chi connectivity index (χ1v) is 9.62. The highest BCUT2D eigenvalue weighted by Crippen LogP contribution is 2.20. The monoisotopic (exact) mass is 319 g/mol. The topological polar surface area (TPSA) is 70.7 Å². The van der Waals surface area contributed by atoms with Crippen LogP contribution in [0.5, 0.6) is 0 Å². The van der Waals surface area contributed by atoms with Crippen molar-refractivity contribution in [2.45, 2.75) is 45.1 Å². The van der Waals surface area contributed by atoms with Crippen LogP contribution in [0.1, 0.15) is 39.0 Å². The minimum Gasteiger partial charge on any atom is -0.381 e. The lowest BCUT2D eigenvalue weighted by atomic mass is 10.0. The van der Waals surface area contributed by atoms with E-state index in [0.717, 1.165) is 51.8 Å². The zero-order chi connectivity index (χ0) is 15.1. The lowest BCUT2D eigenvalue weighted by Gasteiger charge is -2.35. The van der Waals surface area contributed by atoms with Gasteiger partial charge in [0.25, 0.3) is 10.2 Å². The van der Waals surface area contributed by atoms with Gasteiger partial charge in [-0.05, 0) is 38.1 Å². The van der Waals surface area contributed by atoms with Gasteiger partial charge in [-0.15, -0.1) is 0 Å². The van der Waals surface area contributed by atoms with E-state index in [-0.39, 0.29) is 6.04 Å². The first-order chi connectivity index (χ1) is 10.1. The zero-order valence-corrected chi connectivity index (χ0v) is 13.8. The molecule has 2 saturated heterocycles. The van der Waals surface area contributed by atoms with Crippen LogP contribution < -0.4 is 10.0 Å². The van der Waals surface area contributed by atoms with Crippen molar-refractivity contribution in [1.29, 1.82) is 0 Å². The number of nitrogens with zero attached hydrogens (tertiary/aromatic N) is 1. The van der Waals surface area contributed by atoms with Gasteiger partial charge in [-0.3, -0.25) is 0 Å². The zero-order valence-electron chi connectivity index (χ0n) is 13.0. The molecule has 2 atom stereocenters. The van der Waals surface area contributed by atoms with E-state index in [1.807, 2.05) is 6.92 Å². The summed E-state index contributed by atoms with van der Waals surface area (Å²) in [7, 11) is -3.37. The third kappa shape index (κ3) is 5.17. The fourth-order valence-corrected chi connectivity index (χ4v) is 4.63. The van der Waals surface area contributed by atoms with E-state index in [0.29, 0.717) is 25.6 Å². The Labute approximate surface area is 128 Å². The summed E-state index contributed by atoms with van der Waals surface area (Å²) in [6.45, 7) is 6.26. The highest BCUT2D eigenvalue weighted by molar-refractivity contribution is 7.87. The molecule has 7 heteroatoms. The van der Waals surface area contributed by atoms with Crippen LogP contribution in [0.4, 0.5) is 0 Å². The molecule has 0 aromatic rings. The van der Waals surface area contributed by atoms with Crippen molar-refractivity contribution in [2.75, 3.05) is 39.4 Å². The van der Waals surface area contributed by atoms with Crippen molar-refractivity contribution < 1.29 is 13.2 Å².